The largest absolute Gasteiger partial charge is 0.308 e. The highest BCUT2D eigenvalue weighted by Gasteiger charge is 1.99. The summed E-state index contributed by atoms with van der Waals surface area (Å²) in [5.74, 6) is 0.849. The van der Waals surface area contributed by atoms with E-state index in [2.05, 4.69) is 44.8 Å². The first-order chi connectivity index (χ1) is 6.02. The van der Waals surface area contributed by atoms with Gasteiger partial charge in [0.15, 0.2) is 0 Å². The van der Waals surface area contributed by atoms with Crippen LogP contribution in [0.5, 0.6) is 0 Å². The van der Waals surface area contributed by atoms with E-state index in [-0.39, 0.29) is 0 Å². The van der Waals surface area contributed by atoms with E-state index in [4.69, 9.17) is 0 Å². The molecule has 0 aliphatic carbocycles. The molecule has 0 aliphatic heterocycles. The van der Waals surface area contributed by atoms with Gasteiger partial charge in [-0.2, -0.15) is 0 Å². The van der Waals surface area contributed by atoms with Crippen molar-refractivity contribution in [2.75, 3.05) is 40.8 Å². The molecule has 0 fully saturated rings. The maximum atomic E-state index is 2.42. The van der Waals surface area contributed by atoms with Crippen molar-refractivity contribution in [1.29, 1.82) is 0 Å². The van der Waals surface area contributed by atoms with Gasteiger partial charge in [-0.15, -0.1) is 0 Å². The van der Waals surface area contributed by atoms with Crippen LogP contribution in [-0.4, -0.2) is 50.6 Å². The molecule has 0 saturated heterocycles. The van der Waals surface area contributed by atoms with Crippen molar-refractivity contribution in [2.24, 2.45) is 5.92 Å². The van der Waals surface area contributed by atoms with E-state index in [0.717, 1.165) is 12.5 Å². The van der Waals surface area contributed by atoms with Gasteiger partial charge >= 0.3 is 0 Å². The molecule has 2 heteroatoms. The molecule has 0 saturated carbocycles. The SMILES string of the molecule is CC(C)CCCN(C)CCN(C)C. The Morgan fingerprint density at radius 3 is 2.00 bits per heavy atom. The van der Waals surface area contributed by atoms with E-state index >= 15 is 0 Å². The first-order valence-electron chi connectivity index (χ1n) is 5.35. The molecule has 0 unspecified atom stereocenters. The van der Waals surface area contributed by atoms with E-state index in [0.29, 0.717) is 0 Å². The summed E-state index contributed by atoms with van der Waals surface area (Å²) in [6.07, 6.45) is 2.69. The van der Waals surface area contributed by atoms with Gasteiger partial charge in [0.1, 0.15) is 0 Å². The molecule has 0 aliphatic rings. The third kappa shape index (κ3) is 9.84. The van der Waals surface area contributed by atoms with Crippen molar-refractivity contribution >= 4 is 0 Å². The second kappa shape index (κ2) is 7.34. The molecule has 2 nitrogen and oxygen atoms in total. The van der Waals surface area contributed by atoms with Gasteiger partial charge in [-0.25, -0.2) is 0 Å². The normalized spacial score (nSPS) is 12.0. The molecule has 0 spiro atoms. The highest BCUT2D eigenvalue weighted by Crippen LogP contribution is 2.03. The van der Waals surface area contributed by atoms with Crippen molar-refractivity contribution in [3.05, 3.63) is 0 Å². The molecular formula is C11H26N2. The van der Waals surface area contributed by atoms with Crippen LogP contribution in [0.15, 0.2) is 0 Å². The summed E-state index contributed by atoms with van der Waals surface area (Å²) in [4.78, 5) is 4.65. The fourth-order valence-electron chi connectivity index (χ4n) is 1.25. The third-order valence-electron chi connectivity index (χ3n) is 2.25. The Morgan fingerprint density at radius 1 is 0.923 bits per heavy atom. The van der Waals surface area contributed by atoms with Crippen LogP contribution in [-0.2, 0) is 0 Å². The summed E-state index contributed by atoms with van der Waals surface area (Å²) in [5, 5.41) is 0. The van der Waals surface area contributed by atoms with Crippen molar-refractivity contribution in [3.63, 3.8) is 0 Å². The van der Waals surface area contributed by atoms with Crippen molar-refractivity contribution in [1.82, 2.24) is 9.80 Å². The van der Waals surface area contributed by atoms with E-state index in [9.17, 15) is 0 Å². The predicted octanol–water partition coefficient (Wildman–Crippen LogP) is 1.92. The van der Waals surface area contributed by atoms with Crippen LogP contribution in [0, 0.1) is 5.92 Å². The Labute approximate surface area is 83.9 Å². The molecule has 0 atom stereocenters. The lowest BCUT2D eigenvalue weighted by Crippen LogP contribution is -2.29. The highest BCUT2D eigenvalue weighted by molar-refractivity contribution is 4.55. The fraction of sp³-hybridized carbons (Fsp3) is 1.00. The third-order valence-corrected chi connectivity index (χ3v) is 2.25. The van der Waals surface area contributed by atoms with E-state index in [1.54, 1.807) is 0 Å². The molecule has 0 radical (unpaired) electrons. The van der Waals surface area contributed by atoms with Crippen LogP contribution < -0.4 is 0 Å². The minimum absolute atomic E-state index is 0.849. The zero-order valence-electron chi connectivity index (χ0n) is 10.0. The lowest BCUT2D eigenvalue weighted by molar-refractivity contribution is 0.274. The molecule has 0 rings (SSSR count). The Morgan fingerprint density at radius 2 is 1.54 bits per heavy atom. The lowest BCUT2D eigenvalue weighted by atomic mass is 10.1. The first-order valence-corrected chi connectivity index (χ1v) is 5.35. The number of hydrogen-bond acceptors (Lipinski definition) is 2. The molecule has 0 aromatic rings. The molecule has 0 aromatic heterocycles. The average molecular weight is 186 g/mol. The van der Waals surface area contributed by atoms with Crippen molar-refractivity contribution in [2.45, 2.75) is 26.7 Å². The van der Waals surface area contributed by atoms with Crippen LogP contribution in [0.3, 0.4) is 0 Å². The average Bonchev–Trinajstić information content (AvgIpc) is 2.00. The summed E-state index contributed by atoms with van der Waals surface area (Å²) < 4.78 is 0. The van der Waals surface area contributed by atoms with Crippen LogP contribution >= 0.6 is 0 Å². The van der Waals surface area contributed by atoms with Gasteiger partial charge in [0.2, 0.25) is 0 Å². The van der Waals surface area contributed by atoms with Crippen LogP contribution in [0.1, 0.15) is 26.7 Å². The highest BCUT2D eigenvalue weighted by atomic mass is 15.1. The molecule has 0 bridgehead atoms. The summed E-state index contributed by atoms with van der Waals surface area (Å²) in [6.45, 7) is 8.18. The minimum Gasteiger partial charge on any atom is -0.308 e. The molecule has 0 amide bonds. The van der Waals surface area contributed by atoms with Gasteiger partial charge in [0.25, 0.3) is 0 Å². The van der Waals surface area contributed by atoms with Gasteiger partial charge in [0.05, 0.1) is 0 Å². The molecule has 80 valence electrons. The zero-order chi connectivity index (χ0) is 10.3. The van der Waals surface area contributed by atoms with Crippen molar-refractivity contribution in [3.8, 4) is 0 Å². The summed E-state index contributed by atoms with van der Waals surface area (Å²) in [7, 11) is 6.47. The second-order valence-electron chi connectivity index (χ2n) is 4.64. The van der Waals surface area contributed by atoms with Gasteiger partial charge in [-0.05, 0) is 46.4 Å². The molecule has 13 heavy (non-hydrogen) atoms. The topological polar surface area (TPSA) is 6.48 Å². The lowest BCUT2D eigenvalue weighted by Gasteiger charge is -2.19. The second-order valence-corrected chi connectivity index (χ2v) is 4.64. The molecule has 0 heterocycles. The molecular weight excluding hydrogens is 160 g/mol. The standard InChI is InChI=1S/C11H26N2/c1-11(2)7-6-8-13(5)10-9-12(3)4/h11H,6-10H2,1-5H3. The summed E-state index contributed by atoms with van der Waals surface area (Å²) >= 11 is 0. The number of nitrogens with zero attached hydrogens (tertiary/aromatic N) is 2. The smallest absolute Gasteiger partial charge is 0.0106 e. The fourth-order valence-corrected chi connectivity index (χ4v) is 1.25. The zero-order valence-corrected chi connectivity index (χ0v) is 10.0. The maximum absolute atomic E-state index is 2.42. The van der Waals surface area contributed by atoms with E-state index < -0.39 is 0 Å². The van der Waals surface area contributed by atoms with Gasteiger partial charge in [0, 0.05) is 13.1 Å². The number of rotatable bonds is 7. The van der Waals surface area contributed by atoms with Crippen LogP contribution in [0.25, 0.3) is 0 Å². The Balaban J connectivity index is 3.25. The Kier molecular flexibility index (Phi) is 7.29. The Hall–Kier alpha value is -0.0800. The Bertz CT molecular complexity index is 111. The predicted molar refractivity (Wildman–Crippen MR) is 60.1 cm³/mol. The molecule has 0 N–H and O–H groups in total. The number of hydrogen-bond donors (Lipinski definition) is 0. The van der Waals surface area contributed by atoms with E-state index in [1.165, 1.54) is 25.9 Å². The van der Waals surface area contributed by atoms with Gasteiger partial charge in [-0.3, -0.25) is 0 Å². The minimum atomic E-state index is 0.849. The van der Waals surface area contributed by atoms with Gasteiger partial charge < -0.3 is 9.80 Å². The molecule has 0 aromatic carbocycles. The van der Waals surface area contributed by atoms with Crippen LogP contribution in [0.2, 0.25) is 0 Å². The quantitative estimate of drug-likeness (QED) is 0.599. The van der Waals surface area contributed by atoms with Gasteiger partial charge in [-0.1, -0.05) is 13.8 Å². The van der Waals surface area contributed by atoms with E-state index in [1.807, 2.05) is 0 Å². The van der Waals surface area contributed by atoms with Crippen molar-refractivity contribution < 1.29 is 0 Å². The van der Waals surface area contributed by atoms with Crippen LogP contribution in [0.4, 0.5) is 0 Å². The summed E-state index contributed by atoms with van der Waals surface area (Å²) in [5.41, 5.74) is 0. The summed E-state index contributed by atoms with van der Waals surface area (Å²) in [6, 6.07) is 0. The first kappa shape index (κ1) is 12.9. The maximum Gasteiger partial charge on any atom is 0.0106 e. The number of likely N-dealkylation sites (N-methyl/N-ethyl adjacent to an activating group) is 2. The monoisotopic (exact) mass is 186 g/mol.